The fraction of sp³-hybridized carbons (Fsp3) is 0.500. The summed E-state index contributed by atoms with van der Waals surface area (Å²) < 4.78 is 1.88. The molecule has 1 aromatic carbocycles. The molecule has 0 radical (unpaired) electrons. The Labute approximate surface area is 165 Å². The molecule has 146 valence electrons. The summed E-state index contributed by atoms with van der Waals surface area (Å²) in [6.45, 7) is 4.44. The van der Waals surface area contributed by atoms with E-state index in [0.29, 0.717) is 23.9 Å². The summed E-state index contributed by atoms with van der Waals surface area (Å²) in [4.78, 5) is 14.5. The monoisotopic (exact) mass is 390 g/mol. The van der Waals surface area contributed by atoms with Gasteiger partial charge in [-0.05, 0) is 43.0 Å². The van der Waals surface area contributed by atoms with E-state index in [9.17, 15) is 9.90 Å². The van der Waals surface area contributed by atoms with Crippen molar-refractivity contribution in [2.75, 3.05) is 13.1 Å². The van der Waals surface area contributed by atoms with Crippen molar-refractivity contribution in [1.29, 1.82) is 0 Å². The Morgan fingerprint density at radius 1 is 1.37 bits per heavy atom. The van der Waals surface area contributed by atoms with Crippen LogP contribution < -0.4 is 5.32 Å². The molecule has 2 aromatic rings. The number of carbonyl (C=O) groups excluding carboxylic acids is 1. The number of nitrogens with zero attached hydrogens (tertiary/aromatic N) is 3. The molecular weight excluding hydrogens is 364 g/mol. The molecule has 1 unspecified atom stereocenters. The van der Waals surface area contributed by atoms with Gasteiger partial charge in [-0.1, -0.05) is 36.7 Å². The van der Waals surface area contributed by atoms with Gasteiger partial charge in [0, 0.05) is 30.5 Å². The Hall–Kier alpha value is -1.89. The predicted octanol–water partition coefficient (Wildman–Crippen LogP) is 2.31. The van der Waals surface area contributed by atoms with Crippen LogP contribution in [-0.2, 0) is 17.9 Å². The molecule has 1 aliphatic rings. The number of aliphatic hydroxyl groups is 1. The average Bonchev–Trinajstić information content (AvgIpc) is 3.26. The molecule has 0 aliphatic heterocycles. The molecule has 0 spiro atoms. The SMILES string of the molecule is CCN(CC(=O)N[C@@H]1CC(Cn2cccn2)C[C@H]1O)Cc1ccccc1Cl. The highest BCUT2D eigenvalue weighted by atomic mass is 35.5. The average molecular weight is 391 g/mol. The van der Waals surface area contributed by atoms with E-state index < -0.39 is 6.10 Å². The van der Waals surface area contributed by atoms with E-state index >= 15 is 0 Å². The zero-order chi connectivity index (χ0) is 19.2. The number of carbonyl (C=O) groups is 1. The number of nitrogens with one attached hydrogen (secondary N) is 1. The smallest absolute Gasteiger partial charge is 0.234 e. The van der Waals surface area contributed by atoms with Crippen molar-refractivity contribution in [2.24, 2.45) is 5.92 Å². The molecule has 3 rings (SSSR count). The van der Waals surface area contributed by atoms with E-state index in [1.165, 1.54) is 0 Å². The minimum atomic E-state index is -0.506. The predicted molar refractivity (Wildman–Crippen MR) is 105 cm³/mol. The van der Waals surface area contributed by atoms with Crippen LogP contribution in [0.2, 0.25) is 5.02 Å². The van der Waals surface area contributed by atoms with Gasteiger partial charge in [-0.2, -0.15) is 5.10 Å². The zero-order valence-corrected chi connectivity index (χ0v) is 16.3. The first-order chi connectivity index (χ1) is 13.0. The van der Waals surface area contributed by atoms with Gasteiger partial charge in [0.2, 0.25) is 5.91 Å². The van der Waals surface area contributed by atoms with Crippen molar-refractivity contribution in [3.05, 3.63) is 53.3 Å². The van der Waals surface area contributed by atoms with E-state index in [1.54, 1.807) is 6.20 Å². The minimum absolute atomic E-state index is 0.0623. The topological polar surface area (TPSA) is 70.4 Å². The van der Waals surface area contributed by atoms with E-state index in [-0.39, 0.29) is 18.5 Å². The van der Waals surface area contributed by atoms with Gasteiger partial charge < -0.3 is 10.4 Å². The lowest BCUT2D eigenvalue weighted by atomic mass is 10.1. The molecule has 0 bridgehead atoms. The molecule has 7 heteroatoms. The van der Waals surface area contributed by atoms with Crippen molar-refractivity contribution in [1.82, 2.24) is 20.0 Å². The van der Waals surface area contributed by atoms with Gasteiger partial charge in [-0.25, -0.2) is 0 Å². The van der Waals surface area contributed by atoms with Crippen LogP contribution in [0.1, 0.15) is 25.3 Å². The maximum absolute atomic E-state index is 12.5. The van der Waals surface area contributed by atoms with Crippen LogP contribution in [0.5, 0.6) is 0 Å². The number of hydrogen-bond acceptors (Lipinski definition) is 4. The molecule has 1 amide bonds. The maximum atomic E-state index is 12.5. The Morgan fingerprint density at radius 3 is 2.89 bits per heavy atom. The van der Waals surface area contributed by atoms with Gasteiger partial charge >= 0.3 is 0 Å². The summed E-state index contributed by atoms with van der Waals surface area (Å²) in [5.41, 5.74) is 1.01. The number of benzene rings is 1. The first-order valence-corrected chi connectivity index (χ1v) is 9.83. The van der Waals surface area contributed by atoms with E-state index in [1.807, 2.05) is 53.0 Å². The maximum Gasteiger partial charge on any atom is 0.234 e. The van der Waals surface area contributed by atoms with E-state index in [2.05, 4.69) is 10.4 Å². The third kappa shape index (κ3) is 5.54. The third-order valence-electron chi connectivity index (χ3n) is 5.14. The van der Waals surface area contributed by atoms with E-state index in [0.717, 1.165) is 25.1 Å². The molecular formula is C20H27ClN4O2. The Bertz CT molecular complexity index is 737. The summed E-state index contributed by atoms with van der Waals surface area (Å²) in [7, 11) is 0. The second kappa shape index (κ2) is 9.35. The Kier molecular flexibility index (Phi) is 6.88. The number of halogens is 1. The molecule has 1 fully saturated rings. The number of rotatable bonds is 8. The largest absolute Gasteiger partial charge is 0.391 e. The molecule has 1 heterocycles. The first kappa shape index (κ1) is 19.9. The number of likely N-dealkylation sites (N-methyl/N-ethyl adjacent to an activating group) is 1. The zero-order valence-electron chi connectivity index (χ0n) is 15.6. The van der Waals surface area contributed by atoms with Crippen LogP contribution in [-0.4, -0.2) is 50.9 Å². The van der Waals surface area contributed by atoms with Gasteiger partial charge in [0.05, 0.1) is 18.7 Å². The van der Waals surface area contributed by atoms with Crippen LogP contribution in [0.25, 0.3) is 0 Å². The van der Waals surface area contributed by atoms with Crippen LogP contribution in [0.15, 0.2) is 42.7 Å². The lowest BCUT2D eigenvalue weighted by molar-refractivity contribution is -0.123. The quantitative estimate of drug-likeness (QED) is 0.725. The van der Waals surface area contributed by atoms with Crippen molar-refractivity contribution < 1.29 is 9.90 Å². The Balaban J connectivity index is 1.49. The van der Waals surface area contributed by atoms with Crippen LogP contribution in [0.3, 0.4) is 0 Å². The number of aliphatic hydroxyl groups excluding tert-OH is 1. The standard InChI is InChI=1S/C20H27ClN4O2/c1-2-24(13-16-6-3-4-7-17(16)21)14-20(27)23-18-10-15(11-19(18)26)12-25-9-5-8-22-25/h3-9,15,18-19,26H,2,10-14H2,1H3,(H,23,27)/t15?,18-,19-/m1/s1. The molecule has 27 heavy (non-hydrogen) atoms. The molecule has 1 saturated carbocycles. The highest BCUT2D eigenvalue weighted by Gasteiger charge is 2.34. The van der Waals surface area contributed by atoms with Crippen LogP contribution in [0, 0.1) is 5.92 Å². The summed E-state index contributed by atoms with van der Waals surface area (Å²) in [6, 6.07) is 9.38. The Morgan fingerprint density at radius 2 is 2.19 bits per heavy atom. The fourth-order valence-corrected chi connectivity index (χ4v) is 3.89. The van der Waals surface area contributed by atoms with E-state index in [4.69, 9.17) is 11.6 Å². The minimum Gasteiger partial charge on any atom is -0.391 e. The van der Waals surface area contributed by atoms with Gasteiger partial charge in [0.25, 0.3) is 0 Å². The van der Waals surface area contributed by atoms with Gasteiger partial charge in [0.15, 0.2) is 0 Å². The molecule has 1 aromatic heterocycles. The molecule has 2 N–H and O–H groups in total. The number of aromatic nitrogens is 2. The first-order valence-electron chi connectivity index (χ1n) is 9.45. The van der Waals surface area contributed by atoms with Crippen LogP contribution >= 0.6 is 11.6 Å². The van der Waals surface area contributed by atoms with Crippen molar-refractivity contribution in [2.45, 2.75) is 45.0 Å². The summed E-state index contributed by atoms with van der Waals surface area (Å²) in [5.74, 6) is 0.253. The van der Waals surface area contributed by atoms with Gasteiger partial charge in [-0.3, -0.25) is 14.4 Å². The normalized spacial score (nSPS) is 22.3. The summed E-state index contributed by atoms with van der Waals surface area (Å²) >= 11 is 6.23. The molecule has 1 aliphatic carbocycles. The lowest BCUT2D eigenvalue weighted by Crippen LogP contribution is -2.45. The lowest BCUT2D eigenvalue weighted by Gasteiger charge is -2.23. The van der Waals surface area contributed by atoms with Crippen molar-refractivity contribution in [3.8, 4) is 0 Å². The molecule has 6 nitrogen and oxygen atoms in total. The molecule has 3 atom stereocenters. The van der Waals surface area contributed by atoms with Gasteiger partial charge in [-0.15, -0.1) is 0 Å². The van der Waals surface area contributed by atoms with Crippen molar-refractivity contribution >= 4 is 17.5 Å². The van der Waals surface area contributed by atoms with Gasteiger partial charge in [0.1, 0.15) is 0 Å². The molecule has 0 saturated heterocycles. The van der Waals surface area contributed by atoms with Crippen molar-refractivity contribution in [3.63, 3.8) is 0 Å². The fourth-order valence-electron chi connectivity index (χ4n) is 3.70. The second-order valence-electron chi connectivity index (χ2n) is 7.20. The summed E-state index contributed by atoms with van der Waals surface area (Å²) in [5, 5.41) is 18.3. The number of amides is 1. The highest BCUT2D eigenvalue weighted by Crippen LogP contribution is 2.27. The number of hydrogen-bond donors (Lipinski definition) is 2. The second-order valence-corrected chi connectivity index (χ2v) is 7.61. The summed E-state index contributed by atoms with van der Waals surface area (Å²) in [6.07, 6.45) is 4.62. The highest BCUT2D eigenvalue weighted by molar-refractivity contribution is 6.31. The third-order valence-corrected chi connectivity index (χ3v) is 5.51. The van der Waals surface area contributed by atoms with Crippen LogP contribution in [0.4, 0.5) is 0 Å².